The molecule has 0 bridgehead atoms. The van der Waals surface area contributed by atoms with Crippen molar-refractivity contribution in [3.63, 3.8) is 0 Å². The van der Waals surface area contributed by atoms with Crippen LogP contribution in [-0.2, 0) is 6.54 Å². The summed E-state index contributed by atoms with van der Waals surface area (Å²) in [7, 11) is 0. The quantitative estimate of drug-likeness (QED) is 0.197. The highest BCUT2D eigenvalue weighted by Gasteiger charge is 2.07. The Bertz CT molecular complexity index is 696. The van der Waals surface area contributed by atoms with Gasteiger partial charge in [0.25, 0.3) is 0 Å². The smallest absolute Gasteiger partial charge is 0.165 e. The largest absolute Gasteiger partial charge is 0.382 e. The van der Waals surface area contributed by atoms with Gasteiger partial charge in [0, 0.05) is 6.54 Å². The number of nitrogens with two attached hydrogens (primary N) is 1. The zero-order valence-corrected chi connectivity index (χ0v) is 20.9. The van der Waals surface area contributed by atoms with E-state index in [4.69, 9.17) is 5.73 Å². The van der Waals surface area contributed by atoms with Crippen molar-refractivity contribution in [1.29, 1.82) is 0 Å². The van der Waals surface area contributed by atoms with E-state index in [0.717, 1.165) is 17.7 Å². The lowest BCUT2D eigenvalue weighted by Gasteiger charge is -2.05. The Morgan fingerprint density at radius 2 is 1.03 bits per heavy atom. The molecule has 2 rings (SSSR count). The van der Waals surface area contributed by atoms with E-state index in [2.05, 4.69) is 26.4 Å². The molecule has 0 aliphatic carbocycles. The average Bonchev–Trinajstić information content (AvgIpc) is 3.22. The van der Waals surface area contributed by atoms with Crippen LogP contribution in [0.3, 0.4) is 0 Å². The van der Waals surface area contributed by atoms with E-state index in [9.17, 15) is 0 Å². The Balaban J connectivity index is 1.29. The van der Waals surface area contributed by atoms with E-state index in [1.807, 2.05) is 6.33 Å². The van der Waals surface area contributed by atoms with Crippen molar-refractivity contribution in [3.8, 4) is 0 Å². The lowest BCUT2D eigenvalue weighted by molar-refractivity contribution is 0.517. The van der Waals surface area contributed by atoms with Gasteiger partial charge in [0.2, 0.25) is 0 Å². The first kappa shape index (κ1) is 26.6. The maximum atomic E-state index is 5.85. The molecule has 0 aliphatic heterocycles. The van der Waals surface area contributed by atoms with Crippen molar-refractivity contribution in [3.05, 3.63) is 12.7 Å². The van der Waals surface area contributed by atoms with Gasteiger partial charge in [-0.2, -0.15) is 0 Å². The first-order chi connectivity index (χ1) is 15.8. The molecule has 2 N–H and O–H groups in total. The van der Waals surface area contributed by atoms with E-state index in [1.54, 1.807) is 0 Å². The second-order valence-electron chi connectivity index (χ2n) is 9.59. The van der Waals surface area contributed by atoms with Crippen LogP contribution in [-0.4, -0.2) is 19.5 Å². The van der Waals surface area contributed by atoms with Crippen LogP contribution < -0.4 is 5.73 Å². The zero-order chi connectivity index (χ0) is 22.7. The first-order valence-electron chi connectivity index (χ1n) is 13.7. The summed E-state index contributed by atoms with van der Waals surface area (Å²) in [5.41, 5.74) is 7.43. The summed E-state index contributed by atoms with van der Waals surface area (Å²) in [4.78, 5) is 12.6. The van der Waals surface area contributed by atoms with Gasteiger partial charge in [0.1, 0.15) is 11.8 Å². The van der Waals surface area contributed by atoms with Gasteiger partial charge in [-0.05, 0) is 6.42 Å². The molecule has 0 unspecified atom stereocenters. The molecule has 0 saturated heterocycles. The Kier molecular flexibility index (Phi) is 14.8. The van der Waals surface area contributed by atoms with E-state index in [-0.39, 0.29) is 0 Å². The van der Waals surface area contributed by atoms with Gasteiger partial charge in [-0.15, -0.1) is 0 Å². The van der Waals surface area contributed by atoms with Crippen LogP contribution in [0.15, 0.2) is 12.7 Å². The molecule has 0 aromatic carbocycles. The van der Waals surface area contributed by atoms with E-state index in [0.29, 0.717) is 5.82 Å². The number of aryl methyl sites for hydroxylation is 1. The summed E-state index contributed by atoms with van der Waals surface area (Å²) in [5, 5.41) is 0. The van der Waals surface area contributed by atoms with Crippen molar-refractivity contribution >= 4 is 17.0 Å². The maximum Gasteiger partial charge on any atom is 0.165 e. The van der Waals surface area contributed by atoms with Crippen molar-refractivity contribution < 1.29 is 0 Å². The highest BCUT2D eigenvalue weighted by molar-refractivity contribution is 5.80. The Hall–Kier alpha value is -1.65. The number of nitrogens with zero attached hydrogens (tertiary/aromatic N) is 4. The number of rotatable bonds is 21. The van der Waals surface area contributed by atoms with Crippen LogP contribution >= 0.6 is 0 Å². The van der Waals surface area contributed by atoms with Gasteiger partial charge < -0.3 is 10.3 Å². The minimum Gasteiger partial charge on any atom is -0.382 e. The zero-order valence-electron chi connectivity index (χ0n) is 20.9. The molecular weight excluding hydrogens is 394 g/mol. The van der Waals surface area contributed by atoms with Crippen LogP contribution in [0.1, 0.15) is 135 Å². The lowest BCUT2D eigenvalue weighted by Crippen LogP contribution is -1.99. The number of hydrogen-bond donors (Lipinski definition) is 1. The minimum atomic E-state index is 0.470. The summed E-state index contributed by atoms with van der Waals surface area (Å²) in [6.45, 7) is 3.26. The Labute approximate surface area is 197 Å². The summed E-state index contributed by atoms with van der Waals surface area (Å²) in [5.74, 6) is 0.470. The molecular formula is C27H49N5. The van der Waals surface area contributed by atoms with Gasteiger partial charge in [0.05, 0.1) is 6.33 Å². The minimum absolute atomic E-state index is 0.470. The van der Waals surface area contributed by atoms with E-state index >= 15 is 0 Å². The average molecular weight is 444 g/mol. The number of anilines is 1. The number of imidazole rings is 1. The van der Waals surface area contributed by atoms with Crippen LogP contribution in [0.2, 0.25) is 0 Å². The highest BCUT2D eigenvalue weighted by Crippen LogP contribution is 2.17. The topological polar surface area (TPSA) is 69.6 Å². The van der Waals surface area contributed by atoms with Crippen LogP contribution in [0.4, 0.5) is 5.82 Å². The number of unbranched alkanes of at least 4 members (excludes halogenated alkanes) is 19. The van der Waals surface area contributed by atoms with Crippen molar-refractivity contribution in [1.82, 2.24) is 19.5 Å². The third-order valence-corrected chi connectivity index (χ3v) is 6.68. The normalized spacial score (nSPS) is 11.5. The molecule has 0 fully saturated rings. The lowest BCUT2D eigenvalue weighted by atomic mass is 10.0. The van der Waals surface area contributed by atoms with Crippen LogP contribution in [0, 0.1) is 0 Å². The maximum absolute atomic E-state index is 5.85. The molecule has 182 valence electrons. The van der Waals surface area contributed by atoms with Gasteiger partial charge in [-0.3, -0.25) is 0 Å². The van der Waals surface area contributed by atoms with Crippen molar-refractivity contribution in [2.45, 2.75) is 142 Å². The van der Waals surface area contributed by atoms with Gasteiger partial charge in [0.15, 0.2) is 11.5 Å². The number of nitrogen functional groups attached to an aromatic ring is 1. The van der Waals surface area contributed by atoms with E-state index < -0.39 is 0 Å². The van der Waals surface area contributed by atoms with Crippen LogP contribution in [0.25, 0.3) is 11.2 Å². The molecule has 0 saturated carbocycles. The monoisotopic (exact) mass is 443 g/mol. The van der Waals surface area contributed by atoms with Crippen molar-refractivity contribution in [2.75, 3.05) is 5.73 Å². The van der Waals surface area contributed by atoms with Gasteiger partial charge >= 0.3 is 0 Å². The summed E-state index contributed by atoms with van der Waals surface area (Å²) < 4.78 is 2.10. The van der Waals surface area contributed by atoms with Gasteiger partial charge in [-0.25, -0.2) is 15.0 Å². The molecule has 0 aliphatic rings. The standard InChI is InChI=1S/C27H49N5/c1-2-3-4-5-6-7-8-9-10-11-12-13-14-15-16-17-18-19-20-21-22-32-24-31-25-26(28)29-23-30-27(25)32/h23-24H,2-22H2,1H3,(H2,28,29,30). The summed E-state index contributed by atoms with van der Waals surface area (Å²) in [6, 6.07) is 0. The number of fused-ring (bicyclic) bond motifs is 1. The molecule has 5 heteroatoms. The fourth-order valence-electron chi connectivity index (χ4n) is 4.60. The molecule has 0 spiro atoms. The molecule has 2 heterocycles. The third kappa shape index (κ3) is 11.3. The molecule has 2 aromatic rings. The predicted octanol–water partition coefficient (Wildman–Crippen LogP) is 8.23. The fraction of sp³-hybridized carbons (Fsp3) is 0.815. The fourth-order valence-corrected chi connectivity index (χ4v) is 4.60. The first-order valence-corrected chi connectivity index (χ1v) is 13.7. The SMILES string of the molecule is CCCCCCCCCCCCCCCCCCCCCCn1cnc2c(N)ncnc21. The molecule has 5 nitrogen and oxygen atoms in total. The van der Waals surface area contributed by atoms with Gasteiger partial charge in [-0.1, -0.05) is 129 Å². The third-order valence-electron chi connectivity index (χ3n) is 6.68. The predicted molar refractivity (Wildman–Crippen MR) is 138 cm³/mol. The Morgan fingerprint density at radius 3 is 1.50 bits per heavy atom. The second-order valence-corrected chi connectivity index (χ2v) is 9.59. The highest BCUT2D eigenvalue weighted by atomic mass is 15.1. The number of aromatic nitrogens is 4. The van der Waals surface area contributed by atoms with E-state index in [1.165, 1.54) is 135 Å². The molecule has 0 radical (unpaired) electrons. The summed E-state index contributed by atoms with van der Waals surface area (Å²) >= 11 is 0. The summed E-state index contributed by atoms with van der Waals surface area (Å²) in [6.07, 6.45) is 31.6. The molecule has 0 atom stereocenters. The second kappa shape index (κ2) is 17.9. The molecule has 0 amide bonds. The van der Waals surface area contributed by atoms with Crippen LogP contribution in [0.5, 0.6) is 0 Å². The number of hydrogen-bond acceptors (Lipinski definition) is 4. The molecule has 2 aromatic heterocycles. The van der Waals surface area contributed by atoms with Crippen molar-refractivity contribution in [2.24, 2.45) is 0 Å². The Morgan fingerprint density at radius 1 is 0.594 bits per heavy atom. The molecule has 32 heavy (non-hydrogen) atoms.